The molecule has 0 saturated carbocycles. The summed E-state index contributed by atoms with van der Waals surface area (Å²) in [5.41, 5.74) is 0.538. The summed E-state index contributed by atoms with van der Waals surface area (Å²) in [4.78, 5) is 27.4. The minimum atomic E-state index is -4.41. The average Bonchev–Trinajstić information content (AvgIpc) is 2.73. The van der Waals surface area contributed by atoms with Gasteiger partial charge < -0.3 is 14.7 Å². The van der Waals surface area contributed by atoms with Gasteiger partial charge >= 0.3 is 12.1 Å². The van der Waals surface area contributed by atoms with Gasteiger partial charge in [0.05, 0.1) is 12.0 Å². The van der Waals surface area contributed by atoms with Crippen molar-refractivity contribution in [1.82, 2.24) is 9.80 Å². The second-order valence-electron chi connectivity index (χ2n) is 7.98. The van der Waals surface area contributed by atoms with E-state index < -0.39 is 24.3 Å². The molecule has 10 heteroatoms. The molecule has 0 aliphatic carbocycles. The van der Waals surface area contributed by atoms with Crippen LogP contribution in [0.3, 0.4) is 0 Å². The number of carboxylic acids is 1. The molecule has 1 amide bonds. The summed E-state index contributed by atoms with van der Waals surface area (Å²) in [5, 5.41) is 9.37. The molecule has 2 aromatic carbocycles. The monoisotopic (exact) mass is 484 g/mol. The van der Waals surface area contributed by atoms with Gasteiger partial charge in [0, 0.05) is 42.8 Å². The van der Waals surface area contributed by atoms with Crippen LogP contribution in [0, 0.1) is 0 Å². The van der Waals surface area contributed by atoms with Crippen molar-refractivity contribution in [2.45, 2.75) is 32.1 Å². The molecule has 1 fully saturated rings. The van der Waals surface area contributed by atoms with E-state index in [1.54, 1.807) is 23.1 Å². The fourth-order valence-electron chi connectivity index (χ4n) is 3.83. The van der Waals surface area contributed by atoms with Crippen molar-refractivity contribution in [3.8, 4) is 5.75 Å². The van der Waals surface area contributed by atoms with E-state index in [4.69, 9.17) is 21.4 Å². The second-order valence-corrected chi connectivity index (χ2v) is 8.41. The Bertz CT molecular complexity index is 998. The fraction of sp³-hybridized carbons (Fsp3) is 0.391. The number of halogens is 4. The number of carbonyl (C=O) groups is 2. The Kier molecular flexibility index (Phi) is 7.86. The first-order valence-electron chi connectivity index (χ1n) is 10.3. The largest absolute Gasteiger partial charge is 0.482 e. The predicted octanol–water partition coefficient (Wildman–Crippen LogP) is 4.10. The van der Waals surface area contributed by atoms with Crippen molar-refractivity contribution in [3.63, 3.8) is 0 Å². The number of amides is 1. The molecule has 0 aromatic heterocycles. The first kappa shape index (κ1) is 24.9. The van der Waals surface area contributed by atoms with Crippen molar-refractivity contribution in [3.05, 3.63) is 64.2 Å². The number of rotatable bonds is 7. The lowest BCUT2D eigenvalue weighted by Crippen LogP contribution is -2.54. The van der Waals surface area contributed by atoms with Gasteiger partial charge in [-0.15, -0.1) is 0 Å². The summed E-state index contributed by atoms with van der Waals surface area (Å²) < 4.78 is 43.5. The van der Waals surface area contributed by atoms with Gasteiger partial charge in [0.15, 0.2) is 6.61 Å². The lowest BCUT2D eigenvalue weighted by atomic mass is 10.1. The molecule has 33 heavy (non-hydrogen) atoms. The fourth-order valence-corrected chi connectivity index (χ4v) is 4.02. The van der Waals surface area contributed by atoms with E-state index in [-0.39, 0.29) is 18.4 Å². The maximum atomic E-state index is 12.8. The SMILES string of the molecule is C[C@H]1CN(Cc2cc(Cl)ccc2OCC(=O)O)CCN1C(=O)Cc1ccc(C(F)(F)F)cc1. The Morgan fingerprint density at radius 2 is 1.85 bits per heavy atom. The van der Waals surface area contributed by atoms with Crippen LogP contribution in [0.1, 0.15) is 23.6 Å². The third-order valence-corrected chi connectivity index (χ3v) is 5.67. The third-order valence-electron chi connectivity index (χ3n) is 5.44. The van der Waals surface area contributed by atoms with Crippen LogP contribution in [-0.4, -0.2) is 59.1 Å². The lowest BCUT2D eigenvalue weighted by molar-refractivity contribution is -0.139. The summed E-state index contributed by atoms with van der Waals surface area (Å²) in [7, 11) is 0. The standard InChI is InChI=1S/C23H24ClF3N2O4/c1-15-12-28(13-17-11-19(24)6-7-20(17)33-14-22(31)32)8-9-29(15)21(30)10-16-2-4-18(5-3-16)23(25,26)27/h2-7,11,15H,8-10,12-14H2,1H3,(H,31,32)/t15-/m0/s1. The number of ether oxygens (including phenoxy) is 1. The number of alkyl halides is 3. The normalized spacial score (nSPS) is 17.1. The van der Waals surface area contributed by atoms with Crippen LogP contribution >= 0.6 is 11.6 Å². The van der Waals surface area contributed by atoms with Gasteiger partial charge in [-0.3, -0.25) is 9.69 Å². The van der Waals surface area contributed by atoms with Gasteiger partial charge in [-0.05, 0) is 42.8 Å². The molecule has 1 saturated heterocycles. The van der Waals surface area contributed by atoms with Gasteiger partial charge in [0.1, 0.15) is 5.75 Å². The minimum Gasteiger partial charge on any atom is -0.482 e. The van der Waals surface area contributed by atoms with E-state index >= 15 is 0 Å². The van der Waals surface area contributed by atoms with Gasteiger partial charge in [-0.25, -0.2) is 4.79 Å². The van der Waals surface area contributed by atoms with Crippen molar-refractivity contribution < 1.29 is 32.6 Å². The number of piperazine rings is 1. The van der Waals surface area contributed by atoms with E-state index in [0.29, 0.717) is 42.5 Å². The van der Waals surface area contributed by atoms with E-state index in [1.807, 2.05) is 6.92 Å². The molecule has 1 atom stereocenters. The molecule has 0 radical (unpaired) electrons. The van der Waals surface area contributed by atoms with Crippen LogP contribution < -0.4 is 4.74 Å². The summed E-state index contributed by atoms with van der Waals surface area (Å²) in [6.07, 6.45) is -4.38. The molecular formula is C23H24ClF3N2O4. The van der Waals surface area contributed by atoms with Gasteiger partial charge in [0.25, 0.3) is 0 Å². The molecule has 0 spiro atoms. The average molecular weight is 485 g/mol. The zero-order valence-corrected chi connectivity index (χ0v) is 18.7. The third kappa shape index (κ3) is 6.85. The number of hydrogen-bond donors (Lipinski definition) is 1. The van der Waals surface area contributed by atoms with E-state index in [2.05, 4.69) is 4.90 Å². The highest BCUT2D eigenvalue weighted by atomic mass is 35.5. The van der Waals surface area contributed by atoms with E-state index in [0.717, 1.165) is 17.7 Å². The Morgan fingerprint density at radius 1 is 1.15 bits per heavy atom. The molecule has 0 unspecified atom stereocenters. The van der Waals surface area contributed by atoms with E-state index in [1.165, 1.54) is 12.1 Å². The molecule has 178 valence electrons. The summed E-state index contributed by atoms with van der Waals surface area (Å²) in [6.45, 7) is 3.54. The molecule has 3 rings (SSSR count). The topological polar surface area (TPSA) is 70.1 Å². The van der Waals surface area contributed by atoms with Crippen molar-refractivity contribution in [2.24, 2.45) is 0 Å². The second kappa shape index (κ2) is 10.4. The van der Waals surface area contributed by atoms with Crippen LogP contribution in [0.2, 0.25) is 5.02 Å². The molecular weight excluding hydrogens is 461 g/mol. The van der Waals surface area contributed by atoms with Gasteiger partial charge in [-0.2, -0.15) is 13.2 Å². The highest BCUT2D eigenvalue weighted by molar-refractivity contribution is 6.30. The highest BCUT2D eigenvalue weighted by Crippen LogP contribution is 2.29. The van der Waals surface area contributed by atoms with Crippen LogP contribution in [0.25, 0.3) is 0 Å². The van der Waals surface area contributed by atoms with Crippen molar-refractivity contribution in [2.75, 3.05) is 26.2 Å². The maximum absolute atomic E-state index is 12.8. The van der Waals surface area contributed by atoms with Crippen LogP contribution in [0.15, 0.2) is 42.5 Å². The lowest BCUT2D eigenvalue weighted by Gasteiger charge is -2.40. The molecule has 1 aliphatic heterocycles. The zero-order chi connectivity index (χ0) is 24.2. The van der Waals surface area contributed by atoms with Crippen LogP contribution in [0.4, 0.5) is 13.2 Å². The number of aliphatic carboxylic acids is 1. The quantitative estimate of drug-likeness (QED) is 0.641. The number of benzene rings is 2. The first-order chi connectivity index (χ1) is 15.5. The molecule has 1 heterocycles. The number of hydrogen-bond acceptors (Lipinski definition) is 4. The zero-order valence-electron chi connectivity index (χ0n) is 17.9. The Labute approximate surface area is 194 Å². The van der Waals surface area contributed by atoms with Gasteiger partial charge in [-0.1, -0.05) is 23.7 Å². The highest BCUT2D eigenvalue weighted by Gasteiger charge is 2.31. The summed E-state index contributed by atoms with van der Waals surface area (Å²) in [6, 6.07) is 9.52. The number of carbonyl (C=O) groups excluding carboxylic acids is 1. The Balaban J connectivity index is 1.59. The predicted molar refractivity (Wildman–Crippen MR) is 116 cm³/mol. The van der Waals surface area contributed by atoms with Crippen molar-refractivity contribution >= 4 is 23.5 Å². The maximum Gasteiger partial charge on any atom is 0.416 e. The van der Waals surface area contributed by atoms with Gasteiger partial charge in [0.2, 0.25) is 5.91 Å². The van der Waals surface area contributed by atoms with Crippen LogP contribution in [-0.2, 0) is 28.7 Å². The van der Waals surface area contributed by atoms with E-state index in [9.17, 15) is 22.8 Å². The Hall–Kier alpha value is -2.78. The number of nitrogens with zero attached hydrogens (tertiary/aromatic N) is 2. The molecule has 1 N–H and O–H groups in total. The minimum absolute atomic E-state index is 0.0317. The molecule has 0 bridgehead atoms. The van der Waals surface area contributed by atoms with Crippen molar-refractivity contribution in [1.29, 1.82) is 0 Å². The first-order valence-corrected chi connectivity index (χ1v) is 10.7. The van der Waals surface area contributed by atoms with Crippen LogP contribution in [0.5, 0.6) is 5.75 Å². The smallest absolute Gasteiger partial charge is 0.416 e. The summed E-state index contributed by atoms with van der Waals surface area (Å²) in [5.74, 6) is -0.782. The number of carboxylic acid groups (broad SMARTS) is 1. The summed E-state index contributed by atoms with van der Waals surface area (Å²) >= 11 is 6.10. The molecule has 2 aromatic rings. The molecule has 6 nitrogen and oxygen atoms in total. The Morgan fingerprint density at radius 3 is 2.45 bits per heavy atom. The molecule has 1 aliphatic rings.